The Labute approximate surface area is 188 Å². The van der Waals surface area contributed by atoms with E-state index in [0.717, 1.165) is 0 Å². The van der Waals surface area contributed by atoms with Gasteiger partial charge in [0.2, 0.25) is 0 Å². The number of hydrazine groups is 1. The number of ether oxygens (including phenoxy) is 1. The van der Waals surface area contributed by atoms with Gasteiger partial charge in [0.25, 0.3) is 21.8 Å². The van der Waals surface area contributed by atoms with Gasteiger partial charge in [-0.25, -0.2) is 12.8 Å². The molecule has 0 saturated heterocycles. The van der Waals surface area contributed by atoms with Gasteiger partial charge in [-0.15, -0.1) is 0 Å². The molecule has 0 aliphatic rings. The molecule has 0 aliphatic heterocycles. The SMILES string of the molecule is O=C(COc1ccc(F)cc1)NNC(=O)c1ccc(S(=O)(=O)Nc2ccccc2Cl)cc1. The largest absolute Gasteiger partial charge is 0.484 e. The highest BCUT2D eigenvalue weighted by molar-refractivity contribution is 7.92. The van der Waals surface area contributed by atoms with Crippen molar-refractivity contribution in [1.82, 2.24) is 10.9 Å². The summed E-state index contributed by atoms with van der Waals surface area (Å²) < 4.78 is 45.4. The van der Waals surface area contributed by atoms with Gasteiger partial charge in [-0.3, -0.25) is 25.2 Å². The highest BCUT2D eigenvalue weighted by Gasteiger charge is 2.17. The van der Waals surface area contributed by atoms with Crippen LogP contribution in [0.2, 0.25) is 5.02 Å². The zero-order chi connectivity index (χ0) is 23.1. The van der Waals surface area contributed by atoms with Crippen molar-refractivity contribution in [3.05, 3.63) is 89.2 Å². The van der Waals surface area contributed by atoms with Crippen molar-refractivity contribution in [2.45, 2.75) is 4.90 Å². The molecule has 0 aromatic heterocycles. The Morgan fingerprint density at radius 3 is 2.22 bits per heavy atom. The fourth-order valence-corrected chi connectivity index (χ4v) is 3.77. The fraction of sp³-hybridized carbons (Fsp3) is 0.0476. The smallest absolute Gasteiger partial charge is 0.276 e. The average molecular weight is 478 g/mol. The summed E-state index contributed by atoms with van der Waals surface area (Å²) in [4.78, 5) is 23.9. The first kappa shape index (κ1) is 23.0. The third kappa shape index (κ3) is 6.19. The number of anilines is 1. The number of benzene rings is 3. The fourth-order valence-electron chi connectivity index (χ4n) is 2.45. The Hall–Kier alpha value is -3.63. The van der Waals surface area contributed by atoms with Crippen LogP contribution in [-0.2, 0) is 14.8 Å². The Kier molecular flexibility index (Phi) is 7.29. The Morgan fingerprint density at radius 1 is 0.906 bits per heavy atom. The lowest BCUT2D eigenvalue weighted by molar-refractivity contribution is -0.123. The van der Waals surface area contributed by atoms with Crippen molar-refractivity contribution in [1.29, 1.82) is 0 Å². The quantitative estimate of drug-likeness (QED) is 0.452. The molecule has 3 rings (SSSR count). The number of hydrogen-bond donors (Lipinski definition) is 3. The second-order valence-corrected chi connectivity index (χ2v) is 8.44. The minimum absolute atomic E-state index is 0.0781. The Morgan fingerprint density at radius 2 is 1.56 bits per heavy atom. The van der Waals surface area contributed by atoms with Gasteiger partial charge in [-0.2, -0.15) is 0 Å². The number of sulfonamides is 1. The first-order valence-electron chi connectivity index (χ1n) is 9.09. The maximum absolute atomic E-state index is 12.8. The summed E-state index contributed by atoms with van der Waals surface area (Å²) in [5.74, 6) is -1.46. The summed E-state index contributed by atoms with van der Waals surface area (Å²) in [7, 11) is -3.92. The molecule has 0 heterocycles. The van der Waals surface area contributed by atoms with Gasteiger partial charge in [0.05, 0.1) is 15.6 Å². The minimum Gasteiger partial charge on any atom is -0.484 e. The van der Waals surface area contributed by atoms with Crippen LogP contribution in [0, 0.1) is 5.82 Å². The molecule has 0 radical (unpaired) electrons. The van der Waals surface area contributed by atoms with Crippen molar-refractivity contribution in [2.24, 2.45) is 0 Å². The summed E-state index contributed by atoms with van der Waals surface area (Å²) in [6.45, 7) is -0.406. The van der Waals surface area contributed by atoms with Crippen LogP contribution < -0.4 is 20.3 Å². The first-order chi connectivity index (χ1) is 15.2. The van der Waals surface area contributed by atoms with E-state index in [1.54, 1.807) is 18.2 Å². The molecule has 8 nitrogen and oxygen atoms in total. The number of halogens is 2. The zero-order valence-corrected chi connectivity index (χ0v) is 17.9. The number of para-hydroxylation sites is 1. The van der Waals surface area contributed by atoms with Gasteiger partial charge in [0.1, 0.15) is 11.6 Å². The average Bonchev–Trinajstić information content (AvgIpc) is 2.78. The van der Waals surface area contributed by atoms with Crippen LogP contribution in [0.3, 0.4) is 0 Å². The van der Waals surface area contributed by atoms with Gasteiger partial charge < -0.3 is 4.74 Å². The Balaban J connectivity index is 1.53. The molecular weight excluding hydrogens is 461 g/mol. The molecule has 2 amide bonds. The van der Waals surface area contributed by atoms with Crippen LogP contribution in [0.15, 0.2) is 77.7 Å². The van der Waals surface area contributed by atoms with E-state index < -0.39 is 34.3 Å². The molecule has 3 N–H and O–H groups in total. The number of nitrogens with one attached hydrogen (secondary N) is 3. The van der Waals surface area contributed by atoms with Gasteiger partial charge in [0.15, 0.2) is 6.61 Å². The lowest BCUT2D eigenvalue weighted by atomic mass is 10.2. The zero-order valence-electron chi connectivity index (χ0n) is 16.3. The van der Waals surface area contributed by atoms with E-state index in [2.05, 4.69) is 15.6 Å². The van der Waals surface area contributed by atoms with Crippen LogP contribution in [0.5, 0.6) is 5.75 Å². The molecule has 0 spiro atoms. The molecule has 3 aromatic rings. The van der Waals surface area contributed by atoms with Crippen molar-refractivity contribution < 1.29 is 27.1 Å². The summed E-state index contributed by atoms with van der Waals surface area (Å²) in [5.41, 5.74) is 4.69. The van der Waals surface area contributed by atoms with Gasteiger partial charge >= 0.3 is 0 Å². The van der Waals surface area contributed by atoms with Crippen molar-refractivity contribution in [2.75, 3.05) is 11.3 Å². The monoisotopic (exact) mass is 477 g/mol. The van der Waals surface area contributed by atoms with E-state index in [4.69, 9.17) is 16.3 Å². The third-order valence-corrected chi connectivity index (χ3v) is 5.76. The second-order valence-electron chi connectivity index (χ2n) is 6.35. The summed E-state index contributed by atoms with van der Waals surface area (Å²) in [5, 5.41) is 0.242. The van der Waals surface area contributed by atoms with E-state index in [1.165, 1.54) is 54.6 Å². The molecule has 11 heteroatoms. The van der Waals surface area contributed by atoms with E-state index in [0.29, 0.717) is 0 Å². The van der Waals surface area contributed by atoms with Crippen LogP contribution in [-0.4, -0.2) is 26.8 Å². The first-order valence-corrected chi connectivity index (χ1v) is 11.0. The normalized spacial score (nSPS) is 10.8. The van der Waals surface area contributed by atoms with E-state index in [9.17, 15) is 22.4 Å². The second kappa shape index (κ2) is 10.1. The maximum atomic E-state index is 12.8. The van der Waals surface area contributed by atoms with Gasteiger partial charge in [-0.1, -0.05) is 23.7 Å². The summed E-state index contributed by atoms with van der Waals surface area (Å²) in [6.07, 6.45) is 0. The summed E-state index contributed by atoms with van der Waals surface area (Å²) >= 11 is 5.97. The summed E-state index contributed by atoms with van der Waals surface area (Å²) in [6, 6.07) is 16.5. The topological polar surface area (TPSA) is 114 Å². The number of rotatable bonds is 7. The number of hydrogen-bond acceptors (Lipinski definition) is 5. The van der Waals surface area contributed by atoms with Crippen LogP contribution in [0.25, 0.3) is 0 Å². The molecule has 0 aliphatic carbocycles. The predicted molar refractivity (Wildman–Crippen MR) is 116 cm³/mol. The van der Waals surface area contributed by atoms with Crippen molar-refractivity contribution >= 4 is 39.1 Å². The van der Waals surface area contributed by atoms with Crippen LogP contribution in [0.4, 0.5) is 10.1 Å². The van der Waals surface area contributed by atoms with Gasteiger partial charge in [-0.05, 0) is 60.7 Å². The number of carbonyl (C=O) groups excluding carboxylic acids is 2. The Bertz CT molecular complexity index is 1220. The van der Waals surface area contributed by atoms with E-state index >= 15 is 0 Å². The predicted octanol–water partition coefficient (Wildman–Crippen LogP) is 3.12. The molecule has 0 saturated carbocycles. The molecule has 0 unspecified atom stereocenters. The highest BCUT2D eigenvalue weighted by atomic mass is 35.5. The lowest BCUT2D eigenvalue weighted by Crippen LogP contribution is -2.43. The molecule has 32 heavy (non-hydrogen) atoms. The van der Waals surface area contributed by atoms with Crippen LogP contribution in [0.1, 0.15) is 10.4 Å². The number of amides is 2. The molecule has 3 aromatic carbocycles. The molecule has 166 valence electrons. The van der Waals surface area contributed by atoms with Gasteiger partial charge in [0, 0.05) is 5.56 Å². The van der Waals surface area contributed by atoms with Crippen molar-refractivity contribution in [3.8, 4) is 5.75 Å². The third-order valence-electron chi connectivity index (χ3n) is 4.04. The maximum Gasteiger partial charge on any atom is 0.276 e. The lowest BCUT2D eigenvalue weighted by Gasteiger charge is -2.11. The van der Waals surface area contributed by atoms with E-state index in [1.807, 2.05) is 0 Å². The highest BCUT2D eigenvalue weighted by Crippen LogP contribution is 2.24. The van der Waals surface area contributed by atoms with Crippen LogP contribution >= 0.6 is 11.6 Å². The minimum atomic E-state index is -3.92. The van der Waals surface area contributed by atoms with Crippen molar-refractivity contribution in [3.63, 3.8) is 0 Å². The number of carbonyl (C=O) groups is 2. The molecule has 0 fully saturated rings. The molecule has 0 bridgehead atoms. The molecular formula is C21H17ClFN3O5S. The standard InChI is InChI=1S/C21H17ClFN3O5S/c22-18-3-1-2-4-19(18)26-32(29,30)17-11-5-14(6-12-17)21(28)25-24-20(27)13-31-16-9-7-15(23)8-10-16/h1-12,26H,13H2,(H,24,27)(H,25,28). The molecule has 0 atom stereocenters. The van der Waals surface area contributed by atoms with E-state index in [-0.39, 0.29) is 26.9 Å².